The highest BCUT2D eigenvalue weighted by Gasteiger charge is 2.18. The lowest BCUT2D eigenvalue weighted by Crippen LogP contribution is -2.39. The fourth-order valence-corrected chi connectivity index (χ4v) is 2.95. The van der Waals surface area contributed by atoms with E-state index in [0.717, 1.165) is 32.4 Å². The lowest BCUT2D eigenvalue weighted by Gasteiger charge is -2.27. The van der Waals surface area contributed by atoms with Crippen LogP contribution in [0.2, 0.25) is 0 Å². The van der Waals surface area contributed by atoms with Crippen molar-refractivity contribution in [1.82, 2.24) is 9.47 Å². The third-order valence-electron chi connectivity index (χ3n) is 4.19. The number of rotatable bonds is 3. The van der Waals surface area contributed by atoms with E-state index in [4.69, 9.17) is 0 Å². The second-order valence-electron chi connectivity index (χ2n) is 5.70. The van der Waals surface area contributed by atoms with Crippen LogP contribution in [0.4, 0.5) is 5.69 Å². The molecule has 1 amide bonds. The summed E-state index contributed by atoms with van der Waals surface area (Å²) < 4.78 is 1.38. The predicted molar refractivity (Wildman–Crippen MR) is 85.3 cm³/mol. The Morgan fingerprint density at radius 1 is 1.13 bits per heavy atom. The highest BCUT2D eigenvalue weighted by atomic mass is 16.6. The summed E-state index contributed by atoms with van der Waals surface area (Å²) in [6.07, 6.45) is 3.10. The molecule has 7 nitrogen and oxygen atoms in total. The number of benzene rings is 1. The summed E-state index contributed by atoms with van der Waals surface area (Å²) in [4.78, 5) is 36.7. The number of amides is 1. The first-order valence-electron chi connectivity index (χ1n) is 7.62. The number of hydrogen-bond donors (Lipinski definition) is 0. The number of likely N-dealkylation sites (tertiary alicyclic amines) is 1. The molecule has 1 aromatic heterocycles. The Morgan fingerprint density at radius 2 is 1.87 bits per heavy atom. The molecule has 120 valence electrons. The fourth-order valence-electron chi connectivity index (χ4n) is 2.95. The second kappa shape index (κ2) is 6.20. The van der Waals surface area contributed by atoms with Gasteiger partial charge in [0, 0.05) is 36.7 Å². The standard InChI is InChI=1S/C16H17N3O4/c20-15-7-4-12-10-13(19(22)23)5-6-14(12)18(15)11-16(21)17-8-2-1-3-9-17/h4-7,10H,1-3,8-9,11H2. The maximum Gasteiger partial charge on any atom is 0.270 e. The van der Waals surface area contributed by atoms with Crippen molar-refractivity contribution in [2.75, 3.05) is 13.1 Å². The SMILES string of the molecule is O=C(Cn1c(=O)ccc2cc([N+](=O)[O-])ccc21)N1CCCCC1. The van der Waals surface area contributed by atoms with Gasteiger partial charge in [0.15, 0.2) is 0 Å². The summed E-state index contributed by atoms with van der Waals surface area (Å²) in [6, 6.07) is 7.18. The molecular formula is C16H17N3O4. The van der Waals surface area contributed by atoms with Gasteiger partial charge in [0.25, 0.3) is 11.2 Å². The molecule has 0 atom stereocenters. The molecule has 0 N–H and O–H groups in total. The number of hydrogen-bond acceptors (Lipinski definition) is 4. The van der Waals surface area contributed by atoms with E-state index in [9.17, 15) is 19.7 Å². The Morgan fingerprint density at radius 3 is 2.57 bits per heavy atom. The summed E-state index contributed by atoms with van der Waals surface area (Å²) in [7, 11) is 0. The average molecular weight is 315 g/mol. The van der Waals surface area contributed by atoms with Crippen molar-refractivity contribution in [1.29, 1.82) is 0 Å². The van der Waals surface area contributed by atoms with E-state index in [-0.39, 0.29) is 23.7 Å². The van der Waals surface area contributed by atoms with Crippen LogP contribution >= 0.6 is 0 Å². The van der Waals surface area contributed by atoms with Gasteiger partial charge in [-0.25, -0.2) is 0 Å². The zero-order valence-corrected chi connectivity index (χ0v) is 12.6. The Labute approximate surface area is 132 Å². The molecule has 0 saturated carbocycles. The van der Waals surface area contributed by atoms with Crippen molar-refractivity contribution in [2.24, 2.45) is 0 Å². The van der Waals surface area contributed by atoms with Crippen molar-refractivity contribution >= 4 is 22.5 Å². The minimum atomic E-state index is -0.478. The summed E-state index contributed by atoms with van der Waals surface area (Å²) in [5, 5.41) is 11.4. The zero-order valence-electron chi connectivity index (χ0n) is 12.6. The highest BCUT2D eigenvalue weighted by molar-refractivity contribution is 5.84. The van der Waals surface area contributed by atoms with Gasteiger partial charge in [0.2, 0.25) is 5.91 Å². The number of carbonyl (C=O) groups excluding carboxylic acids is 1. The van der Waals surface area contributed by atoms with Crippen molar-refractivity contribution in [3.05, 3.63) is 50.8 Å². The van der Waals surface area contributed by atoms with E-state index in [1.165, 1.54) is 28.8 Å². The van der Waals surface area contributed by atoms with E-state index in [2.05, 4.69) is 0 Å². The van der Waals surface area contributed by atoms with Crippen molar-refractivity contribution in [2.45, 2.75) is 25.8 Å². The fraction of sp³-hybridized carbons (Fsp3) is 0.375. The van der Waals surface area contributed by atoms with E-state index < -0.39 is 4.92 Å². The van der Waals surface area contributed by atoms with E-state index in [1.54, 1.807) is 11.0 Å². The Balaban J connectivity index is 1.96. The highest BCUT2D eigenvalue weighted by Crippen LogP contribution is 2.20. The van der Waals surface area contributed by atoms with Crippen LogP contribution in [0.3, 0.4) is 0 Å². The lowest BCUT2D eigenvalue weighted by molar-refractivity contribution is -0.384. The predicted octanol–water partition coefficient (Wildman–Crippen LogP) is 1.92. The Kier molecular flexibility index (Phi) is 4.10. The van der Waals surface area contributed by atoms with Gasteiger partial charge in [-0.2, -0.15) is 0 Å². The molecule has 0 aliphatic carbocycles. The number of carbonyl (C=O) groups is 1. The van der Waals surface area contributed by atoms with E-state index in [0.29, 0.717) is 10.9 Å². The maximum atomic E-state index is 12.4. The van der Waals surface area contributed by atoms with Gasteiger partial charge >= 0.3 is 0 Å². The number of piperidine rings is 1. The molecule has 0 bridgehead atoms. The third kappa shape index (κ3) is 3.08. The molecule has 3 rings (SSSR count). The molecule has 2 aromatic rings. The molecule has 1 aromatic carbocycles. The molecule has 1 aliphatic heterocycles. The first-order valence-corrected chi connectivity index (χ1v) is 7.62. The zero-order chi connectivity index (χ0) is 16.4. The minimum absolute atomic E-state index is 0.0337. The Bertz CT molecular complexity index is 822. The first-order chi connectivity index (χ1) is 11.1. The van der Waals surface area contributed by atoms with Crippen LogP contribution in [0.25, 0.3) is 10.9 Å². The molecule has 7 heteroatoms. The maximum absolute atomic E-state index is 12.4. The van der Waals surface area contributed by atoms with Crippen molar-refractivity contribution in [3.8, 4) is 0 Å². The van der Waals surface area contributed by atoms with Crippen LogP contribution in [-0.4, -0.2) is 33.4 Å². The monoisotopic (exact) mass is 315 g/mol. The number of nitrogens with zero attached hydrogens (tertiary/aromatic N) is 3. The lowest BCUT2D eigenvalue weighted by atomic mass is 10.1. The Hall–Kier alpha value is -2.70. The van der Waals surface area contributed by atoms with Crippen LogP contribution < -0.4 is 5.56 Å². The van der Waals surface area contributed by atoms with Gasteiger partial charge in [0.05, 0.1) is 10.4 Å². The molecule has 0 spiro atoms. The average Bonchev–Trinajstić information content (AvgIpc) is 2.57. The van der Waals surface area contributed by atoms with Crippen LogP contribution in [0.1, 0.15) is 19.3 Å². The topological polar surface area (TPSA) is 85.4 Å². The molecule has 1 fully saturated rings. The van der Waals surface area contributed by atoms with Crippen LogP contribution in [-0.2, 0) is 11.3 Å². The van der Waals surface area contributed by atoms with Gasteiger partial charge < -0.3 is 4.90 Å². The van der Waals surface area contributed by atoms with Crippen LogP contribution in [0.15, 0.2) is 35.1 Å². The first kappa shape index (κ1) is 15.2. The van der Waals surface area contributed by atoms with Crippen LogP contribution in [0, 0.1) is 10.1 Å². The normalized spacial score (nSPS) is 14.9. The molecule has 1 aliphatic rings. The second-order valence-corrected chi connectivity index (χ2v) is 5.70. The van der Waals surface area contributed by atoms with Gasteiger partial charge in [-0.3, -0.25) is 24.3 Å². The van der Waals surface area contributed by atoms with Gasteiger partial charge in [0.1, 0.15) is 6.54 Å². The number of non-ortho nitro benzene ring substituents is 1. The van der Waals surface area contributed by atoms with Crippen molar-refractivity contribution in [3.63, 3.8) is 0 Å². The summed E-state index contributed by atoms with van der Waals surface area (Å²) >= 11 is 0. The van der Waals surface area contributed by atoms with Gasteiger partial charge in [-0.05, 0) is 31.4 Å². The molecule has 23 heavy (non-hydrogen) atoms. The number of nitro groups is 1. The van der Waals surface area contributed by atoms with Gasteiger partial charge in [-0.1, -0.05) is 0 Å². The van der Waals surface area contributed by atoms with Crippen molar-refractivity contribution < 1.29 is 9.72 Å². The quantitative estimate of drug-likeness (QED) is 0.639. The summed E-state index contributed by atoms with van der Waals surface area (Å²) in [5.74, 6) is -0.0855. The summed E-state index contributed by atoms with van der Waals surface area (Å²) in [5.41, 5.74) is 0.218. The molecular weight excluding hydrogens is 298 g/mol. The molecule has 1 saturated heterocycles. The molecule has 2 heterocycles. The smallest absolute Gasteiger partial charge is 0.270 e. The van der Waals surface area contributed by atoms with E-state index >= 15 is 0 Å². The van der Waals surface area contributed by atoms with Gasteiger partial charge in [-0.15, -0.1) is 0 Å². The summed E-state index contributed by atoms with van der Waals surface area (Å²) in [6.45, 7) is 1.42. The number of nitro benzene ring substituents is 1. The number of fused-ring (bicyclic) bond motifs is 1. The number of aromatic nitrogens is 1. The largest absolute Gasteiger partial charge is 0.341 e. The molecule has 0 unspecified atom stereocenters. The molecule has 0 radical (unpaired) electrons. The number of pyridine rings is 1. The minimum Gasteiger partial charge on any atom is -0.341 e. The van der Waals surface area contributed by atoms with E-state index in [1.807, 2.05) is 0 Å². The third-order valence-corrected chi connectivity index (χ3v) is 4.19. The van der Waals surface area contributed by atoms with Crippen LogP contribution in [0.5, 0.6) is 0 Å².